The molecule has 0 aliphatic carbocycles. The van der Waals surface area contributed by atoms with Crippen LogP contribution in [-0.4, -0.2) is 44.6 Å². The third-order valence-corrected chi connectivity index (χ3v) is 3.65. The van der Waals surface area contributed by atoms with Crippen LogP contribution in [0.15, 0.2) is 6.20 Å². The molecular weight excluding hydrogens is 204 g/mol. The second kappa shape index (κ2) is 4.93. The smallest absolute Gasteiger partial charge is 0.115 e. The summed E-state index contributed by atoms with van der Waals surface area (Å²) in [6.07, 6.45) is 2.82. The van der Waals surface area contributed by atoms with E-state index in [2.05, 4.69) is 29.1 Å². The Balaban J connectivity index is 3.09. The third kappa shape index (κ3) is 1.97. The highest BCUT2D eigenvalue weighted by Crippen LogP contribution is 2.35. The molecule has 0 aliphatic heterocycles. The minimum absolute atomic E-state index is 0.254. The number of likely N-dealkylation sites (N-methyl/N-ethyl adjacent to an activating group) is 1. The number of aromatic nitrogens is 3. The summed E-state index contributed by atoms with van der Waals surface area (Å²) in [4.78, 5) is 2.09. The van der Waals surface area contributed by atoms with E-state index in [4.69, 9.17) is 0 Å². The Morgan fingerprint density at radius 2 is 2.00 bits per heavy atom. The average Bonchev–Trinajstić information content (AvgIpc) is 2.66. The van der Waals surface area contributed by atoms with Crippen LogP contribution in [-0.2, 0) is 7.05 Å². The predicted octanol–water partition coefficient (Wildman–Crippen LogP) is 0.969. The fraction of sp³-hybridized carbons (Fsp3) is 0.818. The maximum atomic E-state index is 10.5. The van der Waals surface area contributed by atoms with Gasteiger partial charge in [0.05, 0.1) is 17.4 Å². The normalized spacial score (nSPS) is 14.4. The second-order valence-electron chi connectivity index (χ2n) is 4.39. The number of hydrogen-bond acceptors (Lipinski definition) is 4. The van der Waals surface area contributed by atoms with Gasteiger partial charge in [-0.1, -0.05) is 19.1 Å². The lowest BCUT2D eigenvalue weighted by atomic mass is 9.83. The van der Waals surface area contributed by atoms with E-state index in [1.165, 1.54) is 0 Å². The number of aliphatic hydroxyl groups is 1. The quantitative estimate of drug-likeness (QED) is 0.813. The van der Waals surface area contributed by atoms with Gasteiger partial charge in [-0.15, -0.1) is 5.10 Å². The highest BCUT2D eigenvalue weighted by atomic mass is 16.3. The molecule has 0 saturated carbocycles. The van der Waals surface area contributed by atoms with E-state index in [9.17, 15) is 5.11 Å². The molecule has 92 valence electrons. The maximum absolute atomic E-state index is 10.5. The highest BCUT2D eigenvalue weighted by molar-refractivity contribution is 5.08. The zero-order valence-electron chi connectivity index (χ0n) is 10.8. The van der Waals surface area contributed by atoms with E-state index in [1.54, 1.807) is 17.9 Å². The summed E-state index contributed by atoms with van der Waals surface area (Å²) in [5.74, 6) is 0. The molecule has 1 rings (SSSR count). The standard InChI is InChI=1S/C11H22N4O/c1-6-11(7-2,14(3)4)10(16)9-8-12-13-15(9)5/h8,10,16H,6-7H2,1-5H3. The largest absolute Gasteiger partial charge is 0.385 e. The van der Waals surface area contributed by atoms with Gasteiger partial charge >= 0.3 is 0 Å². The molecule has 0 saturated heterocycles. The summed E-state index contributed by atoms with van der Waals surface area (Å²) in [5.41, 5.74) is 0.507. The zero-order valence-corrected chi connectivity index (χ0v) is 10.8. The molecule has 0 bridgehead atoms. The van der Waals surface area contributed by atoms with Gasteiger partial charge in [0.1, 0.15) is 6.10 Å². The van der Waals surface area contributed by atoms with Crippen molar-refractivity contribution in [1.29, 1.82) is 0 Å². The van der Waals surface area contributed by atoms with Crippen LogP contribution in [0.5, 0.6) is 0 Å². The molecule has 1 atom stereocenters. The molecule has 1 unspecified atom stereocenters. The minimum Gasteiger partial charge on any atom is -0.385 e. The lowest BCUT2D eigenvalue weighted by molar-refractivity contribution is -0.0193. The van der Waals surface area contributed by atoms with Crippen molar-refractivity contribution in [3.8, 4) is 0 Å². The summed E-state index contributed by atoms with van der Waals surface area (Å²) < 4.78 is 1.63. The fourth-order valence-electron chi connectivity index (χ4n) is 2.33. The molecule has 1 aromatic rings. The molecule has 0 radical (unpaired) electrons. The molecular formula is C11H22N4O. The monoisotopic (exact) mass is 226 g/mol. The molecule has 0 fully saturated rings. The Morgan fingerprint density at radius 3 is 2.31 bits per heavy atom. The number of hydrogen-bond donors (Lipinski definition) is 1. The molecule has 0 aromatic carbocycles. The molecule has 16 heavy (non-hydrogen) atoms. The van der Waals surface area contributed by atoms with Crippen molar-refractivity contribution < 1.29 is 5.11 Å². The fourth-order valence-corrected chi connectivity index (χ4v) is 2.33. The Labute approximate surface area is 97.1 Å². The highest BCUT2D eigenvalue weighted by Gasteiger charge is 2.39. The van der Waals surface area contributed by atoms with Gasteiger partial charge in [-0.25, -0.2) is 4.68 Å². The van der Waals surface area contributed by atoms with Crippen molar-refractivity contribution in [2.24, 2.45) is 7.05 Å². The van der Waals surface area contributed by atoms with E-state index in [0.29, 0.717) is 0 Å². The zero-order chi connectivity index (χ0) is 12.3. The van der Waals surface area contributed by atoms with Gasteiger partial charge in [0.25, 0.3) is 0 Å². The van der Waals surface area contributed by atoms with Crippen LogP contribution in [0, 0.1) is 0 Å². The van der Waals surface area contributed by atoms with E-state index >= 15 is 0 Å². The summed E-state index contributed by atoms with van der Waals surface area (Å²) in [7, 11) is 5.80. The lowest BCUT2D eigenvalue weighted by Crippen LogP contribution is -2.48. The van der Waals surface area contributed by atoms with Crippen LogP contribution in [0.3, 0.4) is 0 Å². The van der Waals surface area contributed by atoms with Crippen LogP contribution in [0.4, 0.5) is 0 Å². The van der Waals surface area contributed by atoms with Gasteiger partial charge in [-0.2, -0.15) is 0 Å². The SMILES string of the molecule is CCC(CC)(C(O)c1cnnn1C)N(C)C. The first-order valence-electron chi connectivity index (χ1n) is 5.69. The van der Waals surface area contributed by atoms with Gasteiger partial charge in [-0.05, 0) is 26.9 Å². The van der Waals surface area contributed by atoms with Crippen LogP contribution >= 0.6 is 0 Å². The topological polar surface area (TPSA) is 54.2 Å². The average molecular weight is 226 g/mol. The van der Waals surface area contributed by atoms with Crippen LogP contribution < -0.4 is 0 Å². The van der Waals surface area contributed by atoms with Crippen molar-refractivity contribution >= 4 is 0 Å². The molecule has 1 aromatic heterocycles. The van der Waals surface area contributed by atoms with Gasteiger partial charge in [-0.3, -0.25) is 0 Å². The molecule has 0 aliphatic rings. The van der Waals surface area contributed by atoms with Gasteiger partial charge in [0.2, 0.25) is 0 Å². The summed E-state index contributed by atoms with van der Waals surface area (Å²) in [5, 5.41) is 18.2. The second-order valence-corrected chi connectivity index (χ2v) is 4.39. The molecule has 0 amide bonds. The van der Waals surface area contributed by atoms with Gasteiger partial charge < -0.3 is 10.0 Å². The van der Waals surface area contributed by atoms with E-state index in [1.807, 2.05) is 14.1 Å². The number of aryl methyl sites for hydroxylation is 1. The first-order valence-corrected chi connectivity index (χ1v) is 5.69. The van der Waals surface area contributed by atoms with Gasteiger partial charge in [0.15, 0.2) is 0 Å². The number of aliphatic hydroxyl groups excluding tert-OH is 1. The van der Waals surface area contributed by atoms with Gasteiger partial charge in [0, 0.05) is 7.05 Å². The van der Waals surface area contributed by atoms with E-state index in [-0.39, 0.29) is 5.54 Å². The predicted molar refractivity (Wildman–Crippen MR) is 63.0 cm³/mol. The first kappa shape index (κ1) is 13.1. The molecule has 1 N–H and O–H groups in total. The molecule has 5 nitrogen and oxygen atoms in total. The minimum atomic E-state index is -0.572. The Morgan fingerprint density at radius 1 is 1.44 bits per heavy atom. The Kier molecular flexibility index (Phi) is 4.04. The Hall–Kier alpha value is -0.940. The van der Waals surface area contributed by atoms with E-state index < -0.39 is 6.10 Å². The Bertz CT molecular complexity index is 330. The van der Waals surface area contributed by atoms with Crippen molar-refractivity contribution in [2.75, 3.05) is 14.1 Å². The van der Waals surface area contributed by atoms with Crippen molar-refractivity contribution in [1.82, 2.24) is 19.9 Å². The summed E-state index contributed by atoms with van der Waals surface area (Å²) >= 11 is 0. The number of nitrogens with zero attached hydrogens (tertiary/aromatic N) is 4. The van der Waals surface area contributed by atoms with Crippen molar-refractivity contribution in [2.45, 2.75) is 38.3 Å². The van der Waals surface area contributed by atoms with Crippen LogP contribution in [0.2, 0.25) is 0 Å². The molecule has 1 heterocycles. The van der Waals surface area contributed by atoms with Crippen molar-refractivity contribution in [3.63, 3.8) is 0 Å². The first-order chi connectivity index (χ1) is 7.49. The van der Waals surface area contributed by atoms with Crippen LogP contribution in [0.1, 0.15) is 38.5 Å². The third-order valence-electron chi connectivity index (χ3n) is 3.65. The molecule has 0 spiro atoms. The number of rotatable bonds is 5. The van der Waals surface area contributed by atoms with Crippen LogP contribution in [0.25, 0.3) is 0 Å². The summed E-state index contributed by atoms with van der Waals surface area (Å²) in [6.45, 7) is 4.19. The van der Waals surface area contributed by atoms with Crippen molar-refractivity contribution in [3.05, 3.63) is 11.9 Å². The van der Waals surface area contributed by atoms with E-state index in [0.717, 1.165) is 18.5 Å². The maximum Gasteiger partial charge on any atom is 0.115 e. The summed E-state index contributed by atoms with van der Waals surface area (Å²) in [6, 6.07) is 0. The lowest BCUT2D eigenvalue weighted by Gasteiger charge is -2.42. The molecule has 5 heteroatoms.